The predicted octanol–water partition coefficient (Wildman–Crippen LogP) is 4.37. The molecule has 0 bridgehead atoms. The Balaban J connectivity index is 1.63. The number of carbonyl (C=O) groups is 1. The number of carbonyl (C=O) groups excluding carboxylic acids is 1. The van der Waals surface area contributed by atoms with E-state index in [2.05, 4.69) is 10.3 Å². The summed E-state index contributed by atoms with van der Waals surface area (Å²) in [5.41, 5.74) is 1.75. The molecule has 0 spiro atoms. The average Bonchev–Trinajstić information content (AvgIpc) is 3.09. The van der Waals surface area contributed by atoms with Gasteiger partial charge >= 0.3 is 0 Å². The molecular weight excluding hydrogens is 338 g/mol. The van der Waals surface area contributed by atoms with Crippen LogP contribution in [0, 0.1) is 10.1 Å². The van der Waals surface area contributed by atoms with Gasteiger partial charge in [-0.1, -0.05) is 41.7 Å². The lowest BCUT2D eigenvalue weighted by Crippen LogP contribution is -2.07. The summed E-state index contributed by atoms with van der Waals surface area (Å²) in [6.07, 6.45) is 4.67. The molecule has 0 unspecified atom stereocenters. The average molecular weight is 351 g/mol. The third-order valence-corrected chi connectivity index (χ3v) is 4.29. The van der Waals surface area contributed by atoms with Crippen molar-refractivity contribution in [3.8, 4) is 10.4 Å². The predicted molar refractivity (Wildman–Crippen MR) is 98.3 cm³/mol. The summed E-state index contributed by atoms with van der Waals surface area (Å²) in [5.74, 6) is -0.313. The Kier molecular flexibility index (Phi) is 4.96. The molecule has 1 aromatic heterocycles. The van der Waals surface area contributed by atoms with Gasteiger partial charge in [0.25, 0.3) is 5.69 Å². The van der Waals surface area contributed by atoms with Gasteiger partial charge in [-0.15, -0.1) is 0 Å². The SMILES string of the molecule is O=C(/C=C/c1ccc([N+](=O)[O-])cc1)Nc1ncc(-c2ccccc2)s1. The van der Waals surface area contributed by atoms with E-state index in [4.69, 9.17) is 0 Å². The highest BCUT2D eigenvalue weighted by Gasteiger charge is 2.06. The molecule has 7 heteroatoms. The highest BCUT2D eigenvalue weighted by atomic mass is 32.1. The van der Waals surface area contributed by atoms with Crippen LogP contribution in [-0.4, -0.2) is 15.8 Å². The van der Waals surface area contributed by atoms with E-state index in [1.54, 1.807) is 24.4 Å². The number of hydrogen-bond donors (Lipinski definition) is 1. The Morgan fingerprint density at radius 3 is 2.52 bits per heavy atom. The van der Waals surface area contributed by atoms with E-state index >= 15 is 0 Å². The standard InChI is InChI=1S/C18H13N3O3S/c22-17(11-8-13-6-9-15(10-7-13)21(23)24)20-18-19-12-16(25-18)14-4-2-1-3-5-14/h1-12H,(H,19,20,22)/b11-8+. The van der Waals surface area contributed by atoms with Crippen molar-refractivity contribution in [3.05, 3.63) is 82.5 Å². The quantitative estimate of drug-likeness (QED) is 0.420. The van der Waals surface area contributed by atoms with Gasteiger partial charge in [-0.2, -0.15) is 0 Å². The highest BCUT2D eigenvalue weighted by Crippen LogP contribution is 2.28. The van der Waals surface area contributed by atoms with Crippen LogP contribution in [0.1, 0.15) is 5.56 Å². The van der Waals surface area contributed by atoms with E-state index in [0.717, 1.165) is 10.4 Å². The second-order valence-corrected chi connectivity index (χ2v) is 6.10. The fourth-order valence-electron chi connectivity index (χ4n) is 2.09. The first-order valence-corrected chi connectivity index (χ1v) is 8.18. The Labute approximate surface area is 147 Å². The van der Waals surface area contributed by atoms with Crippen LogP contribution in [-0.2, 0) is 4.79 Å². The van der Waals surface area contributed by atoms with Crippen LogP contribution >= 0.6 is 11.3 Å². The Morgan fingerprint density at radius 1 is 1.12 bits per heavy atom. The van der Waals surface area contributed by atoms with Gasteiger partial charge in [-0.05, 0) is 29.3 Å². The number of nitro benzene ring substituents is 1. The van der Waals surface area contributed by atoms with Gasteiger partial charge in [0.15, 0.2) is 5.13 Å². The van der Waals surface area contributed by atoms with Crippen molar-refractivity contribution in [2.75, 3.05) is 5.32 Å². The summed E-state index contributed by atoms with van der Waals surface area (Å²) >= 11 is 1.39. The number of nitrogens with one attached hydrogen (secondary N) is 1. The van der Waals surface area contributed by atoms with Gasteiger partial charge in [0.2, 0.25) is 5.91 Å². The van der Waals surface area contributed by atoms with E-state index < -0.39 is 4.92 Å². The molecule has 0 radical (unpaired) electrons. The Morgan fingerprint density at radius 2 is 1.84 bits per heavy atom. The van der Waals surface area contributed by atoms with Crippen LogP contribution in [0.2, 0.25) is 0 Å². The maximum Gasteiger partial charge on any atom is 0.269 e. The zero-order chi connectivity index (χ0) is 17.6. The fraction of sp³-hybridized carbons (Fsp3) is 0. The van der Waals surface area contributed by atoms with E-state index in [9.17, 15) is 14.9 Å². The third kappa shape index (κ3) is 4.36. The highest BCUT2D eigenvalue weighted by molar-refractivity contribution is 7.19. The molecular formula is C18H13N3O3S. The number of rotatable bonds is 5. The lowest BCUT2D eigenvalue weighted by Gasteiger charge is -1.97. The summed E-state index contributed by atoms with van der Waals surface area (Å²) < 4.78 is 0. The summed E-state index contributed by atoms with van der Waals surface area (Å²) in [4.78, 5) is 27.3. The minimum atomic E-state index is -0.465. The summed E-state index contributed by atoms with van der Waals surface area (Å²) in [7, 11) is 0. The molecule has 0 aliphatic rings. The summed E-state index contributed by atoms with van der Waals surface area (Å²) in [6.45, 7) is 0. The maximum absolute atomic E-state index is 12.0. The molecule has 0 aliphatic heterocycles. The number of benzene rings is 2. The monoisotopic (exact) mass is 351 g/mol. The van der Waals surface area contributed by atoms with Gasteiger partial charge in [-0.25, -0.2) is 4.98 Å². The number of nitrogens with zero attached hydrogens (tertiary/aromatic N) is 2. The fourth-order valence-corrected chi connectivity index (χ4v) is 2.92. The number of nitro groups is 1. The molecule has 1 N–H and O–H groups in total. The van der Waals surface area contributed by atoms with Crippen LogP contribution in [0.5, 0.6) is 0 Å². The van der Waals surface area contributed by atoms with Crippen molar-refractivity contribution in [1.29, 1.82) is 0 Å². The first kappa shape index (κ1) is 16.5. The topological polar surface area (TPSA) is 85.1 Å². The van der Waals surface area contributed by atoms with E-state index in [-0.39, 0.29) is 11.6 Å². The second-order valence-electron chi connectivity index (χ2n) is 5.07. The Hall–Kier alpha value is -3.32. The molecule has 0 aliphatic carbocycles. The van der Waals surface area contributed by atoms with Crippen LogP contribution in [0.15, 0.2) is 66.9 Å². The zero-order valence-electron chi connectivity index (χ0n) is 13.0. The lowest BCUT2D eigenvalue weighted by molar-refractivity contribution is -0.384. The number of non-ortho nitro benzene ring substituents is 1. The minimum absolute atomic E-state index is 0.0119. The molecule has 0 saturated heterocycles. The lowest BCUT2D eigenvalue weighted by atomic mass is 10.2. The zero-order valence-corrected chi connectivity index (χ0v) is 13.8. The van der Waals surface area contributed by atoms with Crippen LogP contribution in [0.4, 0.5) is 10.8 Å². The van der Waals surface area contributed by atoms with Crippen molar-refractivity contribution in [2.45, 2.75) is 0 Å². The van der Waals surface area contributed by atoms with Crippen LogP contribution in [0.3, 0.4) is 0 Å². The first-order valence-electron chi connectivity index (χ1n) is 7.36. The number of amides is 1. The molecule has 0 fully saturated rings. The second kappa shape index (κ2) is 7.50. The molecule has 1 heterocycles. The van der Waals surface area contributed by atoms with Crippen LogP contribution < -0.4 is 5.32 Å². The van der Waals surface area contributed by atoms with E-state index in [1.165, 1.54) is 29.5 Å². The Bertz CT molecular complexity index is 918. The van der Waals surface area contributed by atoms with Crippen LogP contribution in [0.25, 0.3) is 16.5 Å². The number of thiazole rings is 1. The number of hydrogen-bond acceptors (Lipinski definition) is 5. The van der Waals surface area contributed by atoms with Crippen molar-refractivity contribution in [2.24, 2.45) is 0 Å². The third-order valence-electron chi connectivity index (χ3n) is 3.33. The van der Waals surface area contributed by atoms with Crippen molar-refractivity contribution < 1.29 is 9.72 Å². The molecule has 0 atom stereocenters. The molecule has 124 valence electrons. The van der Waals surface area contributed by atoms with Gasteiger partial charge < -0.3 is 0 Å². The molecule has 3 aromatic rings. The molecule has 25 heavy (non-hydrogen) atoms. The van der Waals surface area contributed by atoms with Gasteiger partial charge in [0.1, 0.15) is 0 Å². The number of anilines is 1. The van der Waals surface area contributed by atoms with E-state index in [0.29, 0.717) is 10.7 Å². The van der Waals surface area contributed by atoms with Gasteiger partial charge in [-0.3, -0.25) is 20.2 Å². The maximum atomic E-state index is 12.0. The van der Waals surface area contributed by atoms with Crippen molar-refractivity contribution >= 4 is 34.1 Å². The van der Waals surface area contributed by atoms with Crippen molar-refractivity contribution in [1.82, 2.24) is 4.98 Å². The van der Waals surface area contributed by atoms with Gasteiger partial charge in [0.05, 0.1) is 9.80 Å². The first-order chi connectivity index (χ1) is 12.1. The van der Waals surface area contributed by atoms with E-state index in [1.807, 2.05) is 30.3 Å². The molecule has 3 rings (SSSR count). The summed E-state index contributed by atoms with van der Waals surface area (Å²) in [5, 5.41) is 13.8. The van der Waals surface area contributed by atoms with Gasteiger partial charge in [0, 0.05) is 24.4 Å². The summed E-state index contributed by atoms with van der Waals surface area (Å²) in [6, 6.07) is 15.7. The smallest absolute Gasteiger partial charge is 0.269 e. The molecule has 0 saturated carbocycles. The largest absolute Gasteiger partial charge is 0.298 e. The minimum Gasteiger partial charge on any atom is -0.298 e. The normalized spacial score (nSPS) is 10.7. The molecule has 6 nitrogen and oxygen atoms in total. The molecule has 1 amide bonds. The number of aromatic nitrogens is 1. The van der Waals surface area contributed by atoms with Crippen molar-refractivity contribution in [3.63, 3.8) is 0 Å². The molecule has 2 aromatic carbocycles.